The van der Waals surface area contributed by atoms with Gasteiger partial charge in [-0.1, -0.05) is 54.6 Å². The minimum absolute atomic E-state index is 0.630. The van der Waals surface area contributed by atoms with E-state index >= 15 is 0 Å². The number of methoxy groups -OCH3 is 1. The van der Waals surface area contributed by atoms with Crippen LogP contribution < -0.4 is 4.74 Å². The summed E-state index contributed by atoms with van der Waals surface area (Å²) in [6, 6.07) is 23.1. The van der Waals surface area contributed by atoms with E-state index in [9.17, 15) is 10.4 Å². The maximum absolute atomic E-state index is 10.7. The standard InChI is InChI=1S/C20H17NO2/c1-23-16-11-9-15(10-12-16)20(22)19(13-21)18-8-4-6-14-5-2-3-7-17(14)18/h2-12,19-20,22H,1H3/t19-,20-/m1/s1. The zero-order chi connectivity index (χ0) is 16.2. The summed E-state index contributed by atoms with van der Waals surface area (Å²) in [7, 11) is 1.60. The van der Waals surface area contributed by atoms with Gasteiger partial charge in [0.1, 0.15) is 11.7 Å². The van der Waals surface area contributed by atoms with E-state index in [1.54, 1.807) is 31.4 Å². The summed E-state index contributed by atoms with van der Waals surface area (Å²) < 4.78 is 5.13. The first-order valence-electron chi connectivity index (χ1n) is 7.44. The van der Waals surface area contributed by atoms with E-state index in [0.717, 1.165) is 22.1 Å². The SMILES string of the molecule is COc1ccc([C@@H](O)[C@H](C#N)c2cccc3ccccc23)cc1. The zero-order valence-corrected chi connectivity index (χ0v) is 12.8. The number of aliphatic hydroxyl groups excluding tert-OH is 1. The van der Waals surface area contributed by atoms with Gasteiger partial charge in [-0.2, -0.15) is 5.26 Å². The Balaban J connectivity index is 2.02. The summed E-state index contributed by atoms with van der Waals surface area (Å²) in [6.45, 7) is 0. The molecule has 0 aliphatic rings. The Morgan fingerprint density at radius 1 is 0.957 bits per heavy atom. The van der Waals surface area contributed by atoms with Gasteiger partial charge in [0, 0.05) is 0 Å². The summed E-state index contributed by atoms with van der Waals surface area (Å²) in [5, 5.41) is 22.4. The first-order valence-corrected chi connectivity index (χ1v) is 7.44. The van der Waals surface area contributed by atoms with Crippen molar-refractivity contribution in [3.63, 3.8) is 0 Å². The number of nitriles is 1. The van der Waals surface area contributed by atoms with Gasteiger partial charge < -0.3 is 9.84 Å². The molecule has 23 heavy (non-hydrogen) atoms. The monoisotopic (exact) mass is 303 g/mol. The highest BCUT2D eigenvalue weighted by atomic mass is 16.5. The molecule has 0 saturated heterocycles. The lowest BCUT2D eigenvalue weighted by Gasteiger charge is -2.19. The van der Waals surface area contributed by atoms with Gasteiger partial charge in [0.2, 0.25) is 0 Å². The van der Waals surface area contributed by atoms with E-state index in [0.29, 0.717) is 5.56 Å². The first-order chi connectivity index (χ1) is 11.2. The second-order valence-corrected chi connectivity index (χ2v) is 5.39. The molecule has 0 spiro atoms. The van der Waals surface area contributed by atoms with Crippen molar-refractivity contribution in [2.45, 2.75) is 12.0 Å². The lowest BCUT2D eigenvalue weighted by atomic mass is 9.87. The molecule has 0 unspecified atom stereocenters. The van der Waals surface area contributed by atoms with Crippen LogP contribution in [0.3, 0.4) is 0 Å². The zero-order valence-electron chi connectivity index (χ0n) is 12.8. The molecule has 3 heteroatoms. The van der Waals surface area contributed by atoms with E-state index in [-0.39, 0.29) is 0 Å². The normalized spacial score (nSPS) is 13.3. The maximum Gasteiger partial charge on any atom is 0.118 e. The molecule has 0 heterocycles. The van der Waals surface area contributed by atoms with Crippen LogP contribution in [0.5, 0.6) is 5.75 Å². The van der Waals surface area contributed by atoms with E-state index in [4.69, 9.17) is 4.74 Å². The van der Waals surface area contributed by atoms with Crippen LogP contribution in [-0.4, -0.2) is 12.2 Å². The quantitative estimate of drug-likeness (QED) is 0.786. The third-order valence-electron chi connectivity index (χ3n) is 4.07. The Hall–Kier alpha value is -2.83. The fraction of sp³-hybridized carbons (Fsp3) is 0.150. The van der Waals surface area contributed by atoms with Crippen molar-refractivity contribution < 1.29 is 9.84 Å². The van der Waals surface area contributed by atoms with Crippen molar-refractivity contribution in [1.29, 1.82) is 5.26 Å². The number of benzene rings is 3. The number of hydrogen-bond donors (Lipinski definition) is 1. The molecule has 0 amide bonds. The Kier molecular flexibility index (Phi) is 4.27. The van der Waals surface area contributed by atoms with Gasteiger partial charge in [-0.05, 0) is 34.0 Å². The summed E-state index contributed by atoms with van der Waals surface area (Å²) in [4.78, 5) is 0. The van der Waals surface area contributed by atoms with E-state index in [1.807, 2.05) is 42.5 Å². The Morgan fingerprint density at radius 3 is 2.35 bits per heavy atom. The van der Waals surface area contributed by atoms with Gasteiger partial charge in [-0.3, -0.25) is 0 Å². The fourth-order valence-corrected chi connectivity index (χ4v) is 2.83. The van der Waals surface area contributed by atoms with Crippen molar-refractivity contribution in [2.24, 2.45) is 0 Å². The van der Waals surface area contributed by atoms with Crippen molar-refractivity contribution in [3.8, 4) is 11.8 Å². The summed E-state index contributed by atoms with van der Waals surface area (Å²) >= 11 is 0. The van der Waals surface area contributed by atoms with Gasteiger partial charge in [0.25, 0.3) is 0 Å². The third-order valence-corrected chi connectivity index (χ3v) is 4.07. The van der Waals surface area contributed by atoms with Gasteiger partial charge in [0.05, 0.1) is 19.3 Å². The summed E-state index contributed by atoms with van der Waals surface area (Å²) in [5.41, 5.74) is 1.54. The van der Waals surface area contributed by atoms with E-state index in [2.05, 4.69) is 6.07 Å². The Labute approximate surface area is 135 Å². The van der Waals surface area contributed by atoms with Gasteiger partial charge in [0.15, 0.2) is 0 Å². The van der Waals surface area contributed by atoms with Crippen LogP contribution in [0.15, 0.2) is 66.7 Å². The Bertz CT molecular complexity index is 844. The van der Waals surface area contributed by atoms with Gasteiger partial charge in [-0.25, -0.2) is 0 Å². The summed E-state index contributed by atoms with van der Waals surface area (Å²) in [6.07, 6.45) is -0.892. The summed E-state index contributed by atoms with van der Waals surface area (Å²) in [5.74, 6) is 0.0918. The molecule has 3 aromatic carbocycles. The minimum atomic E-state index is -0.892. The highest BCUT2D eigenvalue weighted by molar-refractivity contribution is 5.86. The predicted octanol–water partition coefficient (Wildman–Crippen LogP) is 4.19. The predicted molar refractivity (Wildman–Crippen MR) is 90.3 cm³/mol. The van der Waals surface area contributed by atoms with Crippen molar-refractivity contribution in [1.82, 2.24) is 0 Å². The molecule has 0 radical (unpaired) electrons. The van der Waals surface area contributed by atoms with Crippen LogP contribution in [0, 0.1) is 11.3 Å². The number of aliphatic hydroxyl groups is 1. The van der Waals surface area contributed by atoms with Gasteiger partial charge in [-0.15, -0.1) is 0 Å². The highest BCUT2D eigenvalue weighted by Crippen LogP contribution is 2.35. The fourth-order valence-electron chi connectivity index (χ4n) is 2.83. The number of nitrogens with zero attached hydrogens (tertiary/aromatic N) is 1. The van der Waals surface area contributed by atoms with Gasteiger partial charge >= 0.3 is 0 Å². The highest BCUT2D eigenvalue weighted by Gasteiger charge is 2.24. The molecule has 3 nitrogen and oxygen atoms in total. The lowest BCUT2D eigenvalue weighted by molar-refractivity contribution is 0.164. The van der Waals surface area contributed by atoms with Crippen molar-refractivity contribution >= 4 is 10.8 Å². The number of rotatable bonds is 4. The number of hydrogen-bond acceptors (Lipinski definition) is 3. The number of fused-ring (bicyclic) bond motifs is 1. The average molecular weight is 303 g/mol. The molecular weight excluding hydrogens is 286 g/mol. The van der Waals surface area contributed by atoms with Crippen LogP contribution in [0.2, 0.25) is 0 Å². The van der Waals surface area contributed by atoms with E-state index < -0.39 is 12.0 Å². The second-order valence-electron chi connectivity index (χ2n) is 5.39. The molecule has 0 bridgehead atoms. The third kappa shape index (κ3) is 2.90. The Morgan fingerprint density at radius 2 is 1.65 bits per heavy atom. The molecule has 2 atom stereocenters. The lowest BCUT2D eigenvalue weighted by Crippen LogP contribution is -2.09. The molecular formula is C20H17NO2. The molecule has 114 valence electrons. The van der Waals surface area contributed by atoms with Crippen molar-refractivity contribution in [2.75, 3.05) is 7.11 Å². The van der Waals surface area contributed by atoms with Crippen molar-refractivity contribution in [3.05, 3.63) is 77.9 Å². The minimum Gasteiger partial charge on any atom is -0.497 e. The molecule has 3 rings (SSSR count). The maximum atomic E-state index is 10.7. The van der Waals surface area contributed by atoms with Crippen LogP contribution >= 0.6 is 0 Å². The van der Waals surface area contributed by atoms with Crippen LogP contribution in [0.1, 0.15) is 23.1 Å². The smallest absolute Gasteiger partial charge is 0.118 e. The van der Waals surface area contributed by atoms with Crippen LogP contribution in [0.4, 0.5) is 0 Å². The average Bonchev–Trinajstić information content (AvgIpc) is 2.62. The van der Waals surface area contributed by atoms with E-state index in [1.165, 1.54) is 0 Å². The van der Waals surface area contributed by atoms with Crippen LogP contribution in [-0.2, 0) is 0 Å². The molecule has 0 saturated carbocycles. The molecule has 1 N–H and O–H groups in total. The molecule has 0 aliphatic heterocycles. The first kappa shape index (κ1) is 15.1. The topological polar surface area (TPSA) is 53.2 Å². The molecule has 0 fully saturated rings. The van der Waals surface area contributed by atoms with Crippen LogP contribution in [0.25, 0.3) is 10.8 Å². The number of ether oxygens (including phenoxy) is 1. The largest absolute Gasteiger partial charge is 0.497 e. The molecule has 0 aliphatic carbocycles. The second kappa shape index (κ2) is 6.51. The molecule has 3 aromatic rings. The molecule has 0 aromatic heterocycles.